The van der Waals surface area contributed by atoms with E-state index < -0.39 is 22.6 Å². The Kier molecular flexibility index (Phi) is 8.17. The lowest BCUT2D eigenvalue weighted by Crippen LogP contribution is -2.51. The van der Waals surface area contributed by atoms with Gasteiger partial charge in [-0.15, -0.1) is 0 Å². The molecule has 1 aliphatic rings. The van der Waals surface area contributed by atoms with Crippen molar-refractivity contribution in [3.05, 3.63) is 53.1 Å². The summed E-state index contributed by atoms with van der Waals surface area (Å²) in [7, 11) is -2.22. The maximum absolute atomic E-state index is 12.7. The van der Waals surface area contributed by atoms with Crippen molar-refractivity contribution < 1.29 is 32.6 Å². The predicted octanol–water partition coefficient (Wildman–Crippen LogP) is 2.06. The minimum absolute atomic E-state index is 0.0178. The maximum atomic E-state index is 12.7. The molecule has 1 aliphatic heterocycles. The molecule has 3 rings (SSSR count). The van der Waals surface area contributed by atoms with Crippen LogP contribution >= 0.6 is 11.6 Å². The molecular weight excluding hydrogens is 472 g/mol. The quantitative estimate of drug-likeness (QED) is 0.556. The van der Waals surface area contributed by atoms with E-state index >= 15 is 0 Å². The second-order valence-electron chi connectivity index (χ2n) is 7.41. The number of rotatable bonds is 8. The fourth-order valence-electron chi connectivity index (χ4n) is 3.38. The van der Waals surface area contributed by atoms with Crippen molar-refractivity contribution in [2.75, 3.05) is 39.9 Å². The van der Waals surface area contributed by atoms with Crippen LogP contribution in [0.3, 0.4) is 0 Å². The van der Waals surface area contributed by atoms with Gasteiger partial charge in [-0.1, -0.05) is 17.7 Å². The number of esters is 1. The Morgan fingerprint density at radius 1 is 1.06 bits per heavy atom. The molecule has 1 heterocycles. The molecule has 1 amide bonds. The summed E-state index contributed by atoms with van der Waals surface area (Å²) in [6.07, 6.45) is 0.387. The molecule has 1 saturated heterocycles. The number of phenolic OH excluding ortho intramolecular Hbond substituents is 1. The zero-order chi connectivity index (χ0) is 24.0. The van der Waals surface area contributed by atoms with E-state index in [9.17, 15) is 23.1 Å². The molecule has 2 aromatic rings. The van der Waals surface area contributed by atoms with E-state index in [4.69, 9.17) is 21.1 Å². The number of carbonyl (C=O) groups is 2. The molecule has 0 atom stereocenters. The van der Waals surface area contributed by atoms with Crippen LogP contribution in [0.1, 0.15) is 12.0 Å². The van der Waals surface area contributed by atoms with Gasteiger partial charge in [0.25, 0.3) is 5.91 Å². The van der Waals surface area contributed by atoms with Gasteiger partial charge in [0.15, 0.2) is 18.1 Å². The van der Waals surface area contributed by atoms with Crippen molar-refractivity contribution in [3.63, 3.8) is 0 Å². The van der Waals surface area contributed by atoms with Gasteiger partial charge >= 0.3 is 5.97 Å². The smallest absolute Gasteiger partial charge is 0.306 e. The van der Waals surface area contributed by atoms with Gasteiger partial charge in [0, 0.05) is 37.6 Å². The summed E-state index contributed by atoms with van der Waals surface area (Å²) in [4.78, 5) is 26.0. The molecule has 0 aromatic heterocycles. The maximum Gasteiger partial charge on any atom is 0.306 e. The molecule has 9 nitrogen and oxygen atoms in total. The van der Waals surface area contributed by atoms with Crippen molar-refractivity contribution in [2.45, 2.75) is 17.7 Å². The molecule has 0 saturated carbocycles. The zero-order valence-electron chi connectivity index (χ0n) is 18.1. The molecule has 1 fully saturated rings. The number of ether oxygens (including phenoxy) is 2. The molecule has 178 valence electrons. The van der Waals surface area contributed by atoms with E-state index in [0.29, 0.717) is 17.2 Å². The summed E-state index contributed by atoms with van der Waals surface area (Å²) in [5, 5.41) is 10.2. The van der Waals surface area contributed by atoms with Crippen LogP contribution in [-0.4, -0.2) is 74.5 Å². The standard InChI is InChI=1S/C22H25ClN2O7S/c1-31-20-8-2-16(14-19(20)26)3-9-22(28)32-15-21(27)24-10-12-25(13-11-24)33(29,30)18-6-4-17(23)5-7-18/h2,4-8,14,26H,3,9-13,15H2,1H3. The Balaban J connectivity index is 1.43. The first-order chi connectivity index (χ1) is 15.7. The average molecular weight is 497 g/mol. The SMILES string of the molecule is COc1ccc(CCC(=O)OCC(=O)N2CCN(S(=O)(=O)c3ccc(Cl)cc3)CC2)cc1O. The van der Waals surface area contributed by atoms with Crippen LogP contribution in [0, 0.1) is 0 Å². The normalized spacial score (nSPS) is 14.7. The van der Waals surface area contributed by atoms with E-state index in [1.165, 1.54) is 46.6 Å². The molecule has 2 aromatic carbocycles. The Hall–Kier alpha value is -2.82. The van der Waals surface area contributed by atoms with Gasteiger partial charge in [0.1, 0.15) is 0 Å². The number of nitrogens with zero attached hydrogens (tertiary/aromatic N) is 2. The first-order valence-corrected chi connectivity index (χ1v) is 12.1. The number of amides is 1. The monoisotopic (exact) mass is 496 g/mol. The minimum Gasteiger partial charge on any atom is -0.504 e. The fourth-order valence-corrected chi connectivity index (χ4v) is 4.92. The van der Waals surface area contributed by atoms with Gasteiger partial charge in [0.2, 0.25) is 10.0 Å². The van der Waals surface area contributed by atoms with Crippen LogP contribution in [0.15, 0.2) is 47.4 Å². The number of sulfonamides is 1. The number of aryl methyl sites for hydroxylation is 1. The molecule has 1 N–H and O–H groups in total. The number of methoxy groups -OCH3 is 1. The molecule has 0 bridgehead atoms. The van der Waals surface area contributed by atoms with Crippen molar-refractivity contribution >= 4 is 33.5 Å². The number of hydrogen-bond donors (Lipinski definition) is 1. The molecule has 0 spiro atoms. The Morgan fingerprint density at radius 2 is 1.73 bits per heavy atom. The lowest BCUT2D eigenvalue weighted by atomic mass is 10.1. The van der Waals surface area contributed by atoms with Crippen LogP contribution in [-0.2, 0) is 30.8 Å². The molecular formula is C22H25ClN2O7S. The predicted molar refractivity (Wildman–Crippen MR) is 121 cm³/mol. The third kappa shape index (κ3) is 6.37. The number of piperazine rings is 1. The van der Waals surface area contributed by atoms with Gasteiger partial charge in [-0.05, 0) is 48.4 Å². The number of benzene rings is 2. The molecule has 0 radical (unpaired) electrons. The number of phenols is 1. The fraction of sp³-hybridized carbons (Fsp3) is 0.364. The highest BCUT2D eigenvalue weighted by atomic mass is 35.5. The highest BCUT2D eigenvalue weighted by molar-refractivity contribution is 7.89. The van der Waals surface area contributed by atoms with Crippen molar-refractivity contribution in [1.82, 2.24) is 9.21 Å². The van der Waals surface area contributed by atoms with Crippen LogP contribution in [0.5, 0.6) is 11.5 Å². The zero-order valence-corrected chi connectivity index (χ0v) is 19.6. The Bertz CT molecular complexity index is 1100. The van der Waals surface area contributed by atoms with E-state index in [2.05, 4.69) is 0 Å². The molecule has 0 unspecified atom stereocenters. The van der Waals surface area contributed by atoms with E-state index in [1.807, 2.05) is 0 Å². The van der Waals surface area contributed by atoms with Crippen LogP contribution < -0.4 is 4.74 Å². The highest BCUT2D eigenvalue weighted by Gasteiger charge is 2.30. The Labute approximate surface area is 197 Å². The van der Waals surface area contributed by atoms with Gasteiger partial charge in [-0.3, -0.25) is 9.59 Å². The van der Waals surface area contributed by atoms with Crippen LogP contribution in [0.25, 0.3) is 0 Å². The number of aromatic hydroxyl groups is 1. The first kappa shape index (κ1) is 24.8. The third-order valence-electron chi connectivity index (χ3n) is 5.26. The van der Waals surface area contributed by atoms with Gasteiger partial charge in [-0.2, -0.15) is 4.31 Å². The minimum atomic E-state index is -3.67. The largest absolute Gasteiger partial charge is 0.504 e. The summed E-state index contributed by atoms with van der Waals surface area (Å²) < 4.78 is 36.8. The van der Waals surface area contributed by atoms with Gasteiger partial charge in [-0.25, -0.2) is 8.42 Å². The Morgan fingerprint density at radius 3 is 2.33 bits per heavy atom. The molecule has 0 aliphatic carbocycles. The van der Waals surface area contributed by atoms with Gasteiger partial charge in [0.05, 0.1) is 12.0 Å². The number of carbonyl (C=O) groups excluding carboxylic acids is 2. The van der Waals surface area contributed by atoms with E-state index in [-0.39, 0.29) is 49.2 Å². The molecule has 33 heavy (non-hydrogen) atoms. The summed E-state index contributed by atoms with van der Waals surface area (Å²) in [5.74, 6) is -0.597. The number of hydrogen-bond acceptors (Lipinski definition) is 7. The topological polar surface area (TPSA) is 113 Å². The van der Waals surface area contributed by atoms with Gasteiger partial charge < -0.3 is 19.5 Å². The summed E-state index contributed by atoms with van der Waals surface area (Å²) in [5.41, 5.74) is 0.731. The second-order valence-corrected chi connectivity index (χ2v) is 9.78. The first-order valence-electron chi connectivity index (χ1n) is 10.3. The lowest BCUT2D eigenvalue weighted by molar-refractivity contribution is -0.152. The highest BCUT2D eigenvalue weighted by Crippen LogP contribution is 2.26. The lowest BCUT2D eigenvalue weighted by Gasteiger charge is -2.33. The van der Waals surface area contributed by atoms with E-state index in [0.717, 1.165) is 5.56 Å². The summed E-state index contributed by atoms with van der Waals surface area (Å²) in [6, 6.07) is 10.8. The van der Waals surface area contributed by atoms with Crippen molar-refractivity contribution in [1.29, 1.82) is 0 Å². The van der Waals surface area contributed by atoms with Crippen LogP contribution in [0.4, 0.5) is 0 Å². The van der Waals surface area contributed by atoms with E-state index in [1.54, 1.807) is 12.1 Å². The summed E-state index contributed by atoms with van der Waals surface area (Å²) in [6.45, 7) is 0.288. The van der Waals surface area contributed by atoms with Crippen LogP contribution in [0.2, 0.25) is 5.02 Å². The van der Waals surface area contributed by atoms with Crippen molar-refractivity contribution in [2.24, 2.45) is 0 Å². The summed E-state index contributed by atoms with van der Waals surface area (Å²) >= 11 is 5.82. The molecule has 11 heteroatoms. The second kappa shape index (κ2) is 10.9. The average Bonchev–Trinajstić information content (AvgIpc) is 2.81. The van der Waals surface area contributed by atoms with Crippen molar-refractivity contribution in [3.8, 4) is 11.5 Å². The third-order valence-corrected chi connectivity index (χ3v) is 7.43. The number of halogens is 1.